The lowest BCUT2D eigenvalue weighted by Gasteiger charge is -2.33. The Balaban J connectivity index is 1.58. The van der Waals surface area contributed by atoms with Crippen LogP contribution in [0.15, 0.2) is 53.1 Å². The maximum atomic E-state index is 13.7. The average molecular weight is 393 g/mol. The van der Waals surface area contributed by atoms with E-state index in [9.17, 15) is 9.18 Å². The van der Waals surface area contributed by atoms with E-state index in [-0.39, 0.29) is 18.5 Å². The largest absolute Gasteiger partial charge is 0.337 e. The van der Waals surface area contributed by atoms with E-state index in [0.29, 0.717) is 17.3 Å². The van der Waals surface area contributed by atoms with Gasteiger partial charge in [0.2, 0.25) is 11.7 Å². The third-order valence-electron chi connectivity index (χ3n) is 5.43. The molecule has 0 bridgehead atoms. The predicted molar refractivity (Wildman–Crippen MR) is 108 cm³/mol. The van der Waals surface area contributed by atoms with Crippen LogP contribution in [0.25, 0.3) is 11.4 Å². The molecule has 1 heterocycles. The number of hydrogen-bond donors (Lipinski definition) is 0. The van der Waals surface area contributed by atoms with Crippen LogP contribution in [0, 0.1) is 12.7 Å². The first-order valence-corrected chi connectivity index (χ1v) is 10.1. The summed E-state index contributed by atoms with van der Waals surface area (Å²) in [6.07, 6.45) is 5.20. The first kappa shape index (κ1) is 19.3. The SMILES string of the molecule is Cc1ccc(-c2noc(CN(C(=O)c3cccc(F)c3)C3CCCCC3)n2)cc1. The van der Waals surface area contributed by atoms with E-state index >= 15 is 0 Å². The molecule has 4 rings (SSSR count). The molecule has 0 saturated heterocycles. The summed E-state index contributed by atoms with van der Waals surface area (Å²) in [6.45, 7) is 2.24. The predicted octanol–water partition coefficient (Wildman–Crippen LogP) is 5.16. The summed E-state index contributed by atoms with van der Waals surface area (Å²) in [5.74, 6) is 0.267. The molecule has 3 aromatic rings. The Morgan fingerprint density at radius 2 is 1.90 bits per heavy atom. The Morgan fingerprint density at radius 1 is 1.14 bits per heavy atom. The maximum Gasteiger partial charge on any atom is 0.254 e. The highest BCUT2D eigenvalue weighted by Gasteiger charge is 2.28. The Hall–Kier alpha value is -3.02. The molecule has 29 heavy (non-hydrogen) atoms. The Morgan fingerprint density at radius 3 is 2.62 bits per heavy atom. The van der Waals surface area contributed by atoms with Crippen molar-refractivity contribution >= 4 is 5.91 Å². The van der Waals surface area contributed by atoms with E-state index in [1.165, 1.54) is 18.6 Å². The summed E-state index contributed by atoms with van der Waals surface area (Å²) in [5.41, 5.74) is 2.36. The molecule has 1 aliphatic rings. The average Bonchev–Trinajstić information content (AvgIpc) is 3.21. The topological polar surface area (TPSA) is 59.2 Å². The van der Waals surface area contributed by atoms with Crippen molar-refractivity contribution in [2.75, 3.05) is 0 Å². The number of amides is 1. The number of nitrogens with zero attached hydrogens (tertiary/aromatic N) is 3. The fourth-order valence-corrected chi connectivity index (χ4v) is 3.83. The van der Waals surface area contributed by atoms with Gasteiger partial charge in [0.05, 0.1) is 0 Å². The second kappa shape index (κ2) is 8.55. The zero-order chi connectivity index (χ0) is 20.2. The lowest BCUT2D eigenvalue weighted by Crippen LogP contribution is -2.41. The van der Waals surface area contributed by atoms with Gasteiger partial charge in [0.1, 0.15) is 12.4 Å². The Kier molecular flexibility index (Phi) is 5.69. The molecule has 0 N–H and O–H groups in total. The van der Waals surface area contributed by atoms with Gasteiger partial charge in [0.15, 0.2) is 0 Å². The first-order valence-electron chi connectivity index (χ1n) is 10.1. The maximum absolute atomic E-state index is 13.7. The van der Waals surface area contributed by atoms with Crippen LogP contribution in [0.5, 0.6) is 0 Å². The standard InChI is InChI=1S/C23H24FN3O2/c1-16-10-12-17(13-11-16)22-25-21(29-26-22)15-27(20-8-3-2-4-9-20)23(28)18-6-5-7-19(24)14-18/h5-7,10-14,20H,2-4,8-9,15H2,1H3. The molecule has 1 aliphatic carbocycles. The fourth-order valence-electron chi connectivity index (χ4n) is 3.83. The highest BCUT2D eigenvalue weighted by molar-refractivity contribution is 5.94. The van der Waals surface area contributed by atoms with Crippen molar-refractivity contribution in [3.63, 3.8) is 0 Å². The molecule has 1 fully saturated rings. The second-order valence-corrected chi connectivity index (χ2v) is 7.61. The van der Waals surface area contributed by atoms with Gasteiger partial charge in [-0.15, -0.1) is 0 Å². The van der Waals surface area contributed by atoms with Crippen LogP contribution in [0.4, 0.5) is 4.39 Å². The molecule has 0 unspecified atom stereocenters. The van der Waals surface area contributed by atoms with Crippen LogP contribution < -0.4 is 0 Å². The molecule has 1 amide bonds. The highest BCUT2D eigenvalue weighted by atomic mass is 19.1. The quantitative estimate of drug-likeness (QED) is 0.601. The Bertz CT molecular complexity index is 978. The second-order valence-electron chi connectivity index (χ2n) is 7.61. The molecule has 6 heteroatoms. The zero-order valence-electron chi connectivity index (χ0n) is 16.5. The molecular formula is C23H24FN3O2. The van der Waals surface area contributed by atoms with Gasteiger partial charge in [-0.1, -0.05) is 60.3 Å². The van der Waals surface area contributed by atoms with Crippen LogP contribution in [0.3, 0.4) is 0 Å². The number of halogens is 1. The van der Waals surface area contributed by atoms with E-state index in [2.05, 4.69) is 10.1 Å². The van der Waals surface area contributed by atoms with Crippen molar-refractivity contribution < 1.29 is 13.7 Å². The molecule has 0 aliphatic heterocycles. The molecule has 150 valence electrons. The van der Waals surface area contributed by atoms with Gasteiger partial charge in [-0.3, -0.25) is 4.79 Å². The first-order chi connectivity index (χ1) is 14.1. The van der Waals surface area contributed by atoms with E-state index in [1.54, 1.807) is 17.0 Å². The van der Waals surface area contributed by atoms with E-state index in [1.807, 2.05) is 31.2 Å². The van der Waals surface area contributed by atoms with Gasteiger partial charge in [0.25, 0.3) is 5.91 Å². The number of aromatic nitrogens is 2. The number of rotatable bonds is 5. The van der Waals surface area contributed by atoms with Crippen molar-refractivity contribution in [1.82, 2.24) is 15.0 Å². The fraction of sp³-hybridized carbons (Fsp3) is 0.348. The number of aryl methyl sites for hydroxylation is 1. The minimum absolute atomic E-state index is 0.0919. The summed E-state index contributed by atoms with van der Waals surface area (Å²) >= 11 is 0. The van der Waals surface area contributed by atoms with Crippen LogP contribution in [0.2, 0.25) is 0 Å². The number of carbonyl (C=O) groups is 1. The van der Waals surface area contributed by atoms with Crippen molar-refractivity contribution in [1.29, 1.82) is 0 Å². The van der Waals surface area contributed by atoms with Gasteiger partial charge in [-0.25, -0.2) is 4.39 Å². The van der Waals surface area contributed by atoms with Gasteiger partial charge in [-0.05, 0) is 38.0 Å². The lowest BCUT2D eigenvalue weighted by atomic mass is 9.93. The molecule has 2 aromatic carbocycles. The summed E-state index contributed by atoms with van der Waals surface area (Å²) in [5, 5.41) is 4.08. The molecule has 0 radical (unpaired) electrons. The third-order valence-corrected chi connectivity index (χ3v) is 5.43. The molecule has 0 spiro atoms. The van der Waals surface area contributed by atoms with Crippen molar-refractivity contribution in [2.24, 2.45) is 0 Å². The molecule has 0 atom stereocenters. The van der Waals surface area contributed by atoms with Gasteiger partial charge in [0, 0.05) is 17.2 Å². The number of benzene rings is 2. The summed E-state index contributed by atoms with van der Waals surface area (Å²) < 4.78 is 19.1. The molecule has 1 aromatic heterocycles. The summed E-state index contributed by atoms with van der Waals surface area (Å²) in [6, 6.07) is 13.8. The molecule has 1 saturated carbocycles. The summed E-state index contributed by atoms with van der Waals surface area (Å²) in [4.78, 5) is 19.4. The van der Waals surface area contributed by atoms with Crippen LogP contribution in [0.1, 0.15) is 53.9 Å². The lowest BCUT2D eigenvalue weighted by molar-refractivity contribution is 0.0585. The van der Waals surface area contributed by atoms with Crippen molar-refractivity contribution in [2.45, 2.75) is 51.6 Å². The van der Waals surface area contributed by atoms with E-state index in [4.69, 9.17) is 4.52 Å². The number of carbonyl (C=O) groups excluding carboxylic acids is 1. The van der Waals surface area contributed by atoms with E-state index in [0.717, 1.165) is 36.8 Å². The minimum Gasteiger partial charge on any atom is -0.337 e. The van der Waals surface area contributed by atoms with E-state index < -0.39 is 5.82 Å². The van der Waals surface area contributed by atoms with Gasteiger partial charge < -0.3 is 9.42 Å². The molecular weight excluding hydrogens is 369 g/mol. The molecule has 5 nitrogen and oxygen atoms in total. The van der Waals surface area contributed by atoms with Crippen molar-refractivity contribution in [3.05, 3.63) is 71.4 Å². The third kappa shape index (κ3) is 4.53. The van der Waals surface area contributed by atoms with Crippen LogP contribution in [-0.4, -0.2) is 27.0 Å². The number of hydrogen-bond acceptors (Lipinski definition) is 4. The Labute approximate surface area is 169 Å². The smallest absolute Gasteiger partial charge is 0.254 e. The normalized spacial score (nSPS) is 14.7. The zero-order valence-corrected chi connectivity index (χ0v) is 16.5. The summed E-state index contributed by atoms with van der Waals surface area (Å²) in [7, 11) is 0. The minimum atomic E-state index is -0.418. The van der Waals surface area contributed by atoms with Crippen LogP contribution in [-0.2, 0) is 6.54 Å². The monoisotopic (exact) mass is 393 g/mol. The van der Waals surface area contributed by atoms with Gasteiger partial charge in [-0.2, -0.15) is 4.98 Å². The highest BCUT2D eigenvalue weighted by Crippen LogP contribution is 2.26. The van der Waals surface area contributed by atoms with Crippen molar-refractivity contribution in [3.8, 4) is 11.4 Å². The van der Waals surface area contributed by atoms with Gasteiger partial charge >= 0.3 is 0 Å². The van der Waals surface area contributed by atoms with Crippen LogP contribution >= 0.6 is 0 Å².